The van der Waals surface area contributed by atoms with E-state index in [1.54, 1.807) is 12.4 Å². The predicted molar refractivity (Wildman–Crippen MR) is 103 cm³/mol. The number of halogens is 3. The van der Waals surface area contributed by atoms with Crippen LogP contribution in [0.2, 0.25) is 10.2 Å². The molecule has 3 nitrogen and oxygen atoms in total. The van der Waals surface area contributed by atoms with Crippen molar-refractivity contribution in [1.29, 1.82) is 0 Å². The highest BCUT2D eigenvalue weighted by Gasteiger charge is 2.11. The van der Waals surface area contributed by atoms with E-state index < -0.39 is 0 Å². The van der Waals surface area contributed by atoms with E-state index in [1.807, 2.05) is 18.2 Å². The molecule has 0 spiro atoms. The maximum absolute atomic E-state index is 6.22. The summed E-state index contributed by atoms with van der Waals surface area (Å²) in [5, 5.41) is 3.23. The molecule has 0 aliphatic carbocycles. The molecule has 0 unspecified atom stereocenters. The molecular weight excluding hydrogens is 444 g/mol. The molecule has 0 amide bonds. The molecular formula is C17H10Cl2IN3. The van der Waals surface area contributed by atoms with Crippen LogP contribution < -0.4 is 0 Å². The molecule has 114 valence electrons. The second-order valence-corrected chi connectivity index (χ2v) is 7.24. The van der Waals surface area contributed by atoms with Crippen LogP contribution in [0.25, 0.3) is 21.8 Å². The predicted octanol–water partition coefficient (Wildman–Crippen LogP) is 5.54. The number of hydrogen-bond acceptors (Lipinski definition) is 2. The van der Waals surface area contributed by atoms with E-state index in [2.05, 4.69) is 55.5 Å². The van der Waals surface area contributed by atoms with E-state index in [9.17, 15) is 0 Å². The second-order valence-electron chi connectivity index (χ2n) is 5.28. The normalized spacial score (nSPS) is 11.4. The monoisotopic (exact) mass is 453 g/mol. The molecule has 0 aliphatic rings. The maximum atomic E-state index is 6.22. The van der Waals surface area contributed by atoms with E-state index >= 15 is 0 Å². The number of aromatic nitrogens is 3. The standard InChI is InChI=1S/C17H10Cl2IN3/c18-12-6-11-5-10(1-2-14(11)22-7-12)8-23-9-13(20)16-15(23)3-4-21-17(16)19/h1-7,9H,8H2. The Kier molecular flexibility index (Phi) is 3.91. The maximum Gasteiger partial charge on any atom is 0.139 e. The Morgan fingerprint density at radius 1 is 1.09 bits per heavy atom. The zero-order valence-electron chi connectivity index (χ0n) is 11.8. The number of benzene rings is 1. The summed E-state index contributed by atoms with van der Waals surface area (Å²) >= 11 is 14.6. The summed E-state index contributed by atoms with van der Waals surface area (Å²) in [6, 6.07) is 10.2. The lowest BCUT2D eigenvalue weighted by Crippen LogP contribution is -1.98. The van der Waals surface area contributed by atoms with Gasteiger partial charge in [-0.2, -0.15) is 0 Å². The number of hydrogen-bond donors (Lipinski definition) is 0. The van der Waals surface area contributed by atoms with Gasteiger partial charge in [0.1, 0.15) is 5.15 Å². The Balaban J connectivity index is 1.80. The van der Waals surface area contributed by atoms with Gasteiger partial charge < -0.3 is 4.57 Å². The zero-order chi connectivity index (χ0) is 16.0. The first kappa shape index (κ1) is 15.2. The number of fused-ring (bicyclic) bond motifs is 2. The molecule has 1 aromatic carbocycles. The fourth-order valence-corrected chi connectivity index (χ4v) is 4.19. The Labute approximate surface area is 156 Å². The lowest BCUT2D eigenvalue weighted by molar-refractivity contribution is 0.836. The van der Waals surface area contributed by atoms with E-state index in [0.717, 1.165) is 31.9 Å². The van der Waals surface area contributed by atoms with E-state index in [4.69, 9.17) is 23.2 Å². The molecule has 0 radical (unpaired) electrons. The molecule has 0 atom stereocenters. The fraction of sp³-hybridized carbons (Fsp3) is 0.0588. The first-order valence-electron chi connectivity index (χ1n) is 6.95. The number of nitrogens with zero attached hydrogens (tertiary/aromatic N) is 3. The quantitative estimate of drug-likeness (QED) is 0.294. The third kappa shape index (κ3) is 2.79. The second kappa shape index (κ2) is 5.92. The van der Waals surface area contributed by atoms with Crippen molar-refractivity contribution in [2.75, 3.05) is 0 Å². The smallest absolute Gasteiger partial charge is 0.139 e. The SMILES string of the molecule is Clc1cnc2ccc(Cn3cc(I)c4c(Cl)nccc43)cc2c1. The third-order valence-corrected chi connectivity index (χ3v) is 5.08. The Hall–Kier alpha value is -1.37. The summed E-state index contributed by atoms with van der Waals surface area (Å²) < 4.78 is 3.28. The first-order valence-corrected chi connectivity index (χ1v) is 8.78. The minimum atomic E-state index is 0.542. The van der Waals surface area contributed by atoms with Gasteiger partial charge in [0.15, 0.2) is 0 Å². The van der Waals surface area contributed by atoms with Crippen molar-refractivity contribution in [3.8, 4) is 0 Å². The van der Waals surface area contributed by atoms with Crippen LogP contribution in [-0.2, 0) is 6.54 Å². The minimum absolute atomic E-state index is 0.542. The highest BCUT2D eigenvalue weighted by atomic mass is 127. The summed E-state index contributed by atoms with van der Waals surface area (Å²) in [6.45, 7) is 0.752. The first-order chi connectivity index (χ1) is 11.1. The Bertz CT molecular complexity index is 1040. The fourth-order valence-electron chi connectivity index (χ4n) is 2.74. The molecule has 3 aromatic heterocycles. The summed E-state index contributed by atoms with van der Waals surface area (Å²) in [7, 11) is 0. The van der Waals surface area contributed by atoms with Gasteiger partial charge in [0.25, 0.3) is 0 Å². The van der Waals surface area contributed by atoms with Gasteiger partial charge >= 0.3 is 0 Å². The summed E-state index contributed by atoms with van der Waals surface area (Å²) in [5.41, 5.74) is 3.21. The Morgan fingerprint density at radius 3 is 2.83 bits per heavy atom. The average molecular weight is 454 g/mol. The van der Waals surface area contributed by atoms with Crippen LogP contribution in [0.3, 0.4) is 0 Å². The van der Waals surface area contributed by atoms with Crippen LogP contribution >= 0.6 is 45.8 Å². The molecule has 4 rings (SSSR count). The molecule has 0 saturated heterocycles. The highest BCUT2D eigenvalue weighted by molar-refractivity contribution is 14.1. The molecule has 0 fully saturated rings. The number of pyridine rings is 2. The molecule has 6 heteroatoms. The molecule has 23 heavy (non-hydrogen) atoms. The molecule has 0 saturated carbocycles. The van der Waals surface area contributed by atoms with Crippen LogP contribution in [0.15, 0.2) is 48.9 Å². The minimum Gasteiger partial charge on any atom is -0.342 e. The van der Waals surface area contributed by atoms with Crippen molar-refractivity contribution in [2.24, 2.45) is 0 Å². The van der Waals surface area contributed by atoms with Crippen molar-refractivity contribution in [3.05, 3.63) is 68.2 Å². The summed E-state index contributed by atoms with van der Waals surface area (Å²) in [6.07, 6.45) is 5.50. The molecule has 4 aromatic rings. The lowest BCUT2D eigenvalue weighted by Gasteiger charge is -2.07. The molecule has 3 heterocycles. The highest BCUT2D eigenvalue weighted by Crippen LogP contribution is 2.29. The van der Waals surface area contributed by atoms with Crippen LogP contribution in [0.1, 0.15) is 5.56 Å². The van der Waals surface area contributed by atoms with Crippen molar-refractivity contribution in [3.63, 3.8) is 0 Å². The van der Waals surface area contributed by atoms with Crippen molar-refractivity contribution in [1.82, 2.24) is 14.5 Å². The van der Waals surface area contributed by atoms with Gasteiger partial charge in [-0.1, -0.05) is 29.3 Å². The van der Waals surface area contributed by atoms with Crippen molar-refractivity contribution < 1.29 is 0 Å². The van der Waals surface area contributed by atoms with Crippen molar-refractivity contribution >= 4 is 67.6 Å². The van der Waals surface area contributed by atoms with Crippen molar-refractivity contribution in [2.45, 2.75) is 6.54 Å². The van der Waals surface area contributed by atoms with Crippen LogP contribution in [-0.4, -0.2) is 14.5 Å². The number of rotatable bonds is 2. The molecule has 0 bridgehead atoms. The van der Waals surface area contributed by atoms with Gasteiger partial charge in [-0.25, -0.2) is 4.98 Å². The van der Waals surface area contributed by atoms with Gasteiger partial charge in [0, 0.05) is 34.1 Å². The van der Waals surface area contributed by atoms with Gasteiger partial charge in [-0.3, -0.25) is 4.98 Å². The zero-order valence-corrected chi connectivity index (χ0v) is 15.5. The van der Waals surface area contributed by atoms with E-state index in [0.29, 0.717) is 10.2 Å². The van der Waals surface area contributed by atoms with Gasteiger partial charge in [0.2, 0.25) is 0 Å². The third-order valence-electron chi connectivity index (χ3n) is 3.77. The van der Waals surface area contributed by atoms with Crippen LogP contribution in [0.4, 0.5) is 0 Å². The van der Waals surface area contributed by atoms with E-state index in [1.165, 1.54) is 5.56 Å². The summed E-state index contributed by atoms with van der Waals surface area (Å²) in [5.74, 6) is 0. The Morgan fingerprint density at radius 2 is 1.96 bits per heavy atom. The lowest BCUT2D eigenvalue weighted by atomic mass is 10.1. The topological polar surface area (TPSA) is 30.7 Å². The van der Waals surface area contributed by atoms with Gasteiger partial charge in [-0.15, -0.1) is 0 Å². The largest absolute Gasteiger partial charge is 0.342 e. The molecule has 0 N–H and O–H groups in total. The van der Waals surface area contributed by atoms with E-state index in [-0.39, 0.29) is 0 Å². The van der Waals surface area contributed by atoms with Crippen LogP contribution in [0, 0.1) is 3.57 Å². The molecule has 0 aliphatic heterocycles. The van der Waals surface area contributed by atoms with Gasteiger partial charge in [0.05, 0.1) is 21.4 Å². The van der Waals surface area contributed by atoms with Crippen LogP contribution in [0.5, 0.6) is 0 Å². The van der Waals surface area contributed by atoms with Gasteiger partial charge in [-0.05, 0) is 52.4 Å². The average Bonchev–Trinajstić information content (AvgIpc) is 2.84. The summed E-state index contributed by atoms with van der Waals surface area (Å²) in [4.78, 5) is 8.49.